The van der Waals surface area contributed by atoms with Gasteiger partial charge in [-0.25, -0.2) is 0 Å². The quantitative estimate of drug-likeness (QED) is 0.779. The van der Waals surface area contributed by atoms with Crippen LogP contribution in [0.3, 0.4) is 0 Å². The normalized spacial score (nSPS) is 12.5. The van der Waals surface area contributed by atoms with Crippen LogP contribution in [0, 0.1) is 0 Å². The predicted molar refractivity (Wildman–Crippen MR) is 67.8 cm³/mol. The molecule has 15 heavy (non-hydrogen) atoms. The van der Waals surface area contributed by atoms with Crippen LogP contribution in [0.1, 0.15) is 12.0 Å². The van der Waals surface area contributed by atoms with Crippen molar-refractivity contribution in [3.05, 3.63) is 46.5 Å². The molecule has 1 unspecified atom stereocenters. The van der Waals surface area contributed by atoms with E-state index in [1.807, 2.05) is 31.3 Å². The number of hydrogen-bond donors (Lipinski definition) is 1. The third-order valence-electron chi connectivity index (χ3n) is 2.33. The third-order valence-corrected chi connectivity index (χ3v) is 3.06. The van der Waals surface area contributed by atoms with Crippen molar-refractivity contribution >= 4 is 23.2 Å². The zero-order valence-corrected chi connectivity index (χ0v) is 10.3. The highest BCUT2D eigenvalue weighted by Gasteiger charge is 2.06. The molecule has 1 aromatic rings. The molecule has 1 rings (SSSR count). The molecule has 0 amide bonds. The lowest BCUT2D eigenvalue weighted by Crippen LogP contribution is -2.26. The van der Waals surface area contributed by atoms with Crippen LogP contribution >= 0.6 is 23.2 Å². The Balaban J connectivity index is 2.70. The van der Waals surface area contributed by atoms with Crippen molar-refractivity contribution in [2.75, 3.05) is 7.05 Å². The highest BCUT2D eigenvalue weighted by molar-refractivity contribution is 6.42. The summed E-state index contributed by atoms with van der Waals surface area (Å²) in [4.78, 5) is 0. The highest BCUT2D eigenvalue weighted by Crippen LogP contribution is 2.23. The number of likely N-dealkylation sites (N-methyl/N-ethyl adjacent to an activating group) is 1. The van der Waals surface area contributed by atoms with Crippen LogP contribution in [0.15, 0.2) is 30.9 Å². The molecule has 0 bridgehead atoms. The largest absolute Gasteiger partial charge is 0.316 e. The summed E-state index contributed by atoms with van der Waals surface area (Å²) in [5, 5.41) is 4.45. The Morgan fingerprint density at radius 3 is 2.67 bits per heavy atom. The Morgan fingerprint density at radius 1 is 1.40 bits per heavy atom. The van der Waals surface area contributed by atoms with Crippen LogP contribution in [0.25, 0.3) is 0 Å². The summed E-state index contributed by atoms with van der Waals surface area (Å²) < 4.78 is 0. The average Bonchev–Trinajstić information content (AvgIpc) is 2.23. The number of nitrogens with one attached hydrogen (secondary N) is 1. The van der Waals surface area contributed by atoms with Gasteiger partial charge in [-0.3, -0.25) is 0 Å². The maximum atomic E-state index is 5.95. The van der Waals surface area contributed by atoms with E-state index in [9.17, 15) is 0 Å². The van der Waals surface area contributed by atoms with E-state index in [1.165, 1.54) is 5.56 Å². The molecule has 0 heterocycles. The monoisotopic (exact) mass is 243 g/mol. The topological polar surface area (TPSA) is 12.0 Å². The average molecular weight is 244 g/mol. The van der Waals surface area contributed by atoms with Crippen molar-refractivity contribution in [2.45, 2.75) is 18.9 Å². The van der Waals surface area contributed by atoms with E-state index >= 15 is 0 Å². The number of hydrogen-bond acceptors (Lipinski definition) is 1. The second-order valence-electron chi connectivity index (χ2n) is 3.46. The van der Waals surface area contributed by atoms with Crippen LogP contribution in [-0.2, 0) is 6.42 Å². The Morgan fingerprint density at radius 2 is 2.13 bits per heavy atom. The second-order valence-corrected chi connectivity index (χ2v) is 4.28. The summed E-state index contributed by atoms with van der Waals surface area (Å²) in [6, 6.07) is 6.15. The van der Waals surface area contributed by atoms with Crippen LogP contribution in [0.5, 0.6) is 0 Å². The Hall–Kier alpha value is -0.500. The summed E-state index contributed by atoms with van der Waals surface area (Å²) in [6.07, 6.45) is 3.79. The maximum Gasteiger partial charge on any atom is 0.0595 e. The first kappa shape index (κ1) is 12.6. The first-order valence-electron chi connectivity index (χ1n) is 4.89. The van der Waals surface area contributed by atoms with Gasteiger partial charge in [-0.15, -0.1) is 6.58 Å². The van der Waals surface area contributed by atoms with Crippen LogP contribution < -0.4 is 5.32 Å². The van der Waals surface area contributed by atoms with Gasteiger partial charge in [-0.1, -0.05) is 35.3 Å². The fourth-order valence-electron chi connectivity index (χ4n) is 1.46. The lowest BCUT2D eigenvalue weighted by Gasteiger charge is -2.14. The number of rotatable bonds is 5. The molecule has 1 aromatic carbocycles. The lowest BCUT2D eigenvalue weighted by atomic mass is 10.0. The van der Waals surface area contributed by atoms with E-state index in [-0.39, 0.29) is 0 Å². The van der Waals surface area contributed by atoms with E-state index in [0.29, 0.717) is 16.1 Å². The van der Waals surface area contributed by atoms with Crippen molar-refractivity contribution in [3.63, 3.8) is 0 Å². The van der Waals surface area contributed by atoms with Gasteiger partial charge in [0, 0.05) is 6.04 Å². The first-order chi connectivity index (χ1) is 7.17. The zero-order valence-electron chi connectivity index (χ0n) is 8.76. The van der Waals surface area contributed by atoms with Gasteiger partial charge in [0.15, 0.2) is 0 Å². The zero-order chi connectivity index (χ0) is 11.3. The molecular formula is C12H15Cl2N. The van der Waals surface area contributed by atoms with E-state index in [4.69, 9.17) is 23.2 Å². The molecule has 0 aliphatic carbocycles. The Bertz CT molecular complexity index is 336. The lowest BCUT2D eigenvalue weighted by molar-refractivity contribution is 0.566. The van der Waals surface area contributed by atoms with Crippen molar-refractivity contribution < 1.29 is 0 Å². The molecule has 1 nitrogen and oxygen atoms in total. The SMILES string of the molecule is C=CCC(Cc1ccc(Cl)c(Cl)c1)NC. The number of benzene rings is 1. The molecule has 0 fully saturated rings. The summed E-state index contributed by atoms with van der Waals surface area (Å²) in [7, 11) is 1.95. The van der Waals surface area contributed by atoms with Gasteiger partial charge in [0.2, 0.25) is 0 Å². The fourth-order valence-corrected chi connectivity index (χ4v) is 1.78. The van der Waals surface area contributed by atoms with E-state index < -0.39 is 0 Å². The molecule has 3 heteroatoms. The van der Waals surface area contributed by atoms with Crippen molar-refractivity contribution in [3.8, 4) is 0 Å². The minimum absolute atomic E-state index is 0.403. The molecule has 1 atom stereocenters. The molecule has 0 saturated heterocycles. The molecule has 0 aliphatic heterocycles. The molecular weight excluding hydrogens is 229 g/mol. The Labute approximate surface area is 101 Å². The standard InChI is InChI=1S/C12H15Cl2N/c1-3-4-10(15-2)7-9-5-6-11(13)12(14)8-9/h3,5-6,8,10,15H,1,4,7H2,2H3. The molecule has 0 aliphatic rings. The summed E-state index contributed by atoms with van der Waals surface area (Å²) in [6.45, 7) is 3.73. The van der Waals surface area contributed by atoms with Crippen LogP contribution in [-0.4, -0.2) is 13.1 Å². The van der Waals surface area contributed by atoms with E-state index in [2.05, 4.69) is 11.9 Å². The first-order valence-corrected chi connectivity index (χ1v) is 5.65. The fraction of sp³-hybridized carbons (Fsp3) is 0.333. The summed E-state index contributed by atoms with van der Waals surface area (Å²) in [5.41, 5.74) is 1.19. The predicted octanol–water partition coefficient (Wildman–Crippen LogP) is 3.70. The molecule has 0 aromatic heterocycles. The maximum absolute atomic E-state index is 5.95. The summed E-state index contributed by atoms with van der Waals surface area (Å²) >= 11 is 11.8. The number of halogens is 2. The van der Waals surface area contributed by atoms with Crippen LogP contribution in [0.2, 0.25) is 10.0 Å². The minimum atomic E-state index is 0.403. The van der Waals surface area contributed by atoms with Gasteiger partial charge in [0.05, 0.1) is 10.0 Å². The van der Waals surface area contributed by atoms with Gasteiger partial charge in [0.1, 0.15) is 0 Å². The smallest absolute Gasteiger partial charge is 0.0595 e. The van der Waals surface area contributed by atoms with Gasteiger partial charge < -0.3 is 5.32 Å². The molecule has 82 valence electrons. The molecule has 1 N–H and O–H groups in total. The molecule has 0 spiro atoms. The highest BCUT2D eigenvalue weighted by atomic mass is 35.5. The van der Waals surface area contributed by atoms with Crippen molar-refractivity contribution in [1.29, 1.82) is 0 Å². The Kier molecular flexibility index (Phi) is 5.16. The molecule has 0 saturated carbocycles. The van der Waals surface area contributed by atoms with E-state index in [0.717, 1.165) is 12.8 Å². The van der Waals surface area contributed by atoms with Gasteiger partial charge in [-0.2, -0.15) is 0 Å². The van der Waals surface area contributed by atoms with E-state index in [1.54, 1.807) is 0 Å². The third kappa shape index (κ3) is 3.86. The second kappa shape index (κ2) is 6.16. The van der Waals surface area contributed by atoms with Gasteiger partial charge >= 0.3 is 0 Å². The minimum Gasteiger partial charge on any atom is -0.316 e. The van der Waals surface area contributed by atoms with Crippen molar-refractivity contribution in [2.24, 2.45) is 0 Å². The van der Waals surface area contributed by atoms with Gasteiger partial charge in [-0.05, 0) is 37.6 Å². The van der Waals surface area contributed by atoms with Crippen molar-refractivity contribution in [1.82, 2.24) is 5.32 Å². The van der Waals surface area contributed by atoms with Gasteiger partial charge in [0.25, 0.3) is 0 Å². The summed E-state index contributed by atoms with van der Waals surface area (Å²) in [5.74, 6) is 0. The molecule has 0 radical (unpaired) electrons. The van der Waals surface area contributed by atoms with Crippen LogP contribution in [0.4, 0.5) is 0 Å².